The number of rotatable bonds is 4. The molecule has 1 atom stereocenters. The summed E-state index contributed by atoms with van der Waals surface area (Å²) >= 11 is 0. The number of hydrogen-bond acceptors (Lipinski definition) is 3. The fraction of sp³-hybridized carbons (Fsp3) is 0.500. The second kappa shape index (κ2) is 5.24. The molecule has 0 saturated carbocycles. The van der Waals surface area contributed by atoms with Gasteiger partial charge in [0.2, 0.25) is 10.0 Å². The van der Waals surface area contributed by atoms with Gasteiger partial charge in [-0.1, -0.05) is 13.8 Å². The minimum absolute atomic E-state index is 0.133. The molecule has 0 aliphatic heterocycles. The summed E-state index contributed by atoms with van der Waals surface area (Å²) in [6.45, 7) is 5.60. The van der Waals surface area contributed by atoms with E-state index in [0.717, 1.165) is 12.1 Å². The van der Waals surface area contributed by atoms with Crippen LogP contribution in [0.5, 0.6) is 0 Å². The SMILES string of the molecule is CC(C)C(C)N(C)S(=O)(=O)c1cc(N)ccc1F. The number of sulfonamides is 1. The Morgan fingerprint density at radius 1 is 1.28 bits per heavy atom. The fourth-order valence-corrected chi connectivity index (χ4v) is 3.10. The van der Waals surface area contributed by atoms with Crippen LogP contribution in [0.1, 0.15) is 20.8 Å². The molecule has 1 rings (SSSR count). The van der Waals surface area contributed by atoms with Crippen LogP contribution in [-0.2, 0) is 10.0 Å². The Morgan fingerprint density at radius 2 is 1.83 bits per heavy atom. The van der Waals surface area contributed by atoms with Crippen LogP contribution in [0.25, 0.3) is 0 Å². The van der Waals surface area contributed by atoms with Crippen LogP contribution >= 0.6 is 0 Å². The van der Waals surface area contributed by atoms with Crippen LogP contribution in [0.3, 0.4) is 0 Å². The molecule has 6 heteroatoms. The lowest BCUT2D eigenvalue weighted by atomic mass is 10.1. The number of nitrogen functional groups attached to an aromatic ring is 1. The highest BCUT2D eigenvalue weighted by Gasteiger charge is 2.29. The Balaban J connectivity index is 3.25. The van der Waals surface area contributed by atoms with E-state index >= 15 is 0 Å². The van der Waals surface area contributed by atoms with E-state index in [1.54, 1.807) is 6.92 Å². The summed E-state index contributed by atoms with van der Waals surface area (Å²) in [4.78, 5) is -0.377. The summed E-state index contributed by atoms with van der Waals surface area (Å²) < 4.78 is 39.4. The topological polar surface area (TPSA) is 63.4 Å². The van der Waals surface area contributed by atoms with E-state index in [4.69, 9.17) is 5.73 Å². The third-order valence-corrected chi connectivity index (χ3v) is 5.11. The van der Waals surface area contributed by atoms with Gasteiger partial charge in [-0.15, -0.1) is 0 Å². The van der Waals surface area contributed by atoms with E-state index in [-0.39, 0.29) is 22.5 Å². The van der Waals surface area contributed by atoms with Gasteiger partial charge in [-0.25, -0.2) is 12.8 Å². The Hall–Kier alpha value is -1.14. The lowest BCUT2D eigenvalue weighted by Gasteiger charge is -2.27. The van der Waals surface area contributed by atoms with Crippen LogP contribution in [0.15, 0.2) is 23.1 Å². The second-order valence-corrected chi connectivity index (χ2v) is 6.66. The number of anilines is 1. The summed E-state index contributed by atoms with van der Waals surface area (Å²) in [5.41, 5.74) is 5.73. The first-order valence-electron chi connectivity index (χ1n) is 5.71. The van der Waals surface area contributed by atoms with Crippen molar-refractivity contribution in [3.05, 3.63) is 24.0 Å². The van der Waals surface area contributed by atoms with E-state index in [2.05, 4.69) is 0 Å². The molecule has 0 aliphatic rings. The lowest BCUT2D eigenvalue weighted by Crippen LogP contribution is -2.38. The largest absolute Gasteiger partial charge is 0.399 e. The van der Waals surface area contributed by atoms with Crippen LogP contribution in [0.2, 0.25) is 0 Å². The predicted molar refractivity (Wildman–Crippen MR) is 70.1 cm³/mol. The summed E-state index contributed by atoms with van der Waals surface area (Å²) in [6, 6.07) is 3.32. The van der Waals surface area contributed by atoms with Gasteiger partial charge in [0.05, 0.1) is 0 Å². The summed E-state index contributed by atoms with van der Waals surface area (Å²) in [5.74, 6) is -0.652. The number of halogens is 1. The quantitative estimate of drug-likeness (QED) is 0.855. The molecule has 2 N–H and O–H groups in total. The van der Waals surface area contributed by atoms with Crippen LogP contribution in [0.4, 0.5) is 10.1 Å². The standard InChI is InChI=1S/C12H19FN2O2S/c1-8(2)9(3)15(4)18(16,17)12-7-10(14)5-6-11(12)13/h5-9H,14H2,1-4H3. The normalized spacial score (nSPS) is 14.2. The molecule has 0 aromatic heterocycles. The van der Waals surface area contributed by atoms with Crippen molar-refractivity contribution in [1.82, 2.24) is 4.31 Å². The molecular weight excluding hydrogens is 255 g/mol. The zero-order valence-electron chi connectivity index (χ0n) is 11.0. The van der Waals surface area contributed by atoms with Gasteiger partial charge in [-0.3, -0.25) is 0 Å². The average molecular weight is 274 g/mol. The highest BCUT2D eigenvalue weighted by atomic mass is 32.2. The summed E-state index contributed by atoms with van der Waals surface area (Å²) in [5, 5.41) is 0. The Labute approximate surface area is 108 Å². The van der Waals surface area contributed by atoms with Gasteiger partial charge in [0.15, 0.2) is 0 Å². The molecule has 0 fully saturated rings. The fourth-order valence-electron chi connectivity index (χ4n) is 1.51. The van der Waals surface area contributed by atoms with Crippen molar-refractivity contribution < 1.29 is 12.8 Å². The molecule has 0 bridgehead atoms. The van der Waals surface area contributed by atoms with E-state index in [1.165, 1.54) is 17.4 Å². The third-order valence-electron chi connectivity index (χ3n) is 3.15. The predicted octanol–water partition coefficient (Wildman–Crippen LogP) is 2.07. The summed E-state index contributed by atoms with van der Waals surface area (Å²) in [7, 11) is -2.41. The first-order valence-corrected chi connectivity index (χ1v) is 7.15. The van der Waals surface area contributed by atoms with Crippen LogP contribution in [0, 0.1) is 11.7 Å². The van der Waals surface area contributed by atoms with Gasteiger partial charge in [0.1, 0.15) is 10.7 Å². The molecule has 4 nitrogen and oxygen atoms in total. The molecular formula is C12H19FN2O2S. The van der Waals surface area contributed by atoms with Gasteiger partial charge in [0, 0.05) is 18.8 Å². The highest BCUT2D eigenvalue weighted by Crippen LogP contribution is 2.24. The molecule has 1 aromatic carbocycles. The zero-order valence-corrected chi connectivity index (χ0v) is 11.8. The van der Waals surface area contributed by atoms with E-state index in [1.807, 2.05) is 13.8 Å². The summed E-state index contributed by atoms with van der Waals surface area (Å²) in [6.07, 6.45) is 0. The van der Waals surface area contributed by atoms with E-state index in [0.29, 0.717) is 0 Å². The van der Waals surface area contributed by atoms with Gasteiger partial charge in [-0.2, -0.15) is 4.31 Å². The Bertz CT molecular complexity index is 529. The maximum absolute atomic E-state index is 13.6. The first-order chi connectivity index (χ1) is 8.17. The molecule has 0 aliphatic carbocycles. The van der Waals surface area contributed by atoms with Crippen molar-refractivity contribution in [3.8, 4) is 0 Å². The number of nitrogens with zero attached hydrogens (tertiary/aromatic N) is 1. The number of hydrogen-bond donors (Lipinski definition) is 1. The Kier molecular flexibility index (Phi) is 4.34. The zero-order chi connectivity index (χ0) is 14.1. The molecule has 0 heterocycles. The first kappa shape index (κ1) is 14.9. The minimum Gasteiger partial charge on any atom is -0.399 e. The maximum Gasteiger partial charge on any atom is 0.246 e. The highest BCUT2D eigenvalue weighted by molar-refractivity contribution is 7.89. The second-order valence-electron chi connectivity index (χ2n) is 4.70. The van der Waals surface area contributed by atoms with Crippen molar-refractivity contribution in [2.75, 3.05) is 12.8 Å². The van der Waals surface area contributed by atoms with Gasteiger partial charge in [0.25, 0.3) is 0 Å². The minimum atomic E-state index is -3.86. The van der Waals surface area contributed by atoms with Crippen molar-refractivity contribution >= 4 is 15.7 Å². The van der Waals surface area contributed by atoms with Crippen LogP contribution in [-0.4, -0.2) is 25.8 Å². The van der Waals surface area contributed by atoms with Crippen molar-refractivity contribution in [2.45, 2.75) is 31.7 Å². The lowest BCUT2D eigenvalue weighted by molar-refractivity contribution is 0.314. The van der Waals surface area contributed by atoms with Crippen LogP contribution < -0.4 is 5.73 Å². The molecule has 1 aromatic rings. The monoisotopic (exact) mass is 274 g/mol. The molecule has 0 radical (unpaired) electrons. The van der Waals surface area contributed by atoms with E-state index in [9.17, 15) is 12.8 Å². The van der Waals surface area contributed by atoms with Crippen molar-refractivity contribution in [1.29, 1.82) is 0 Å². The molecule has 0 amide bonds. The molecule has 0 spiro atoms. The average Bonchev–Trinajstić information content (AvgIpc) is 2.29. The molecule has 1 unspecified atom stereocenters. The number of benzene rings is 1. The van der Waals surface area contributed by atoms with Gasteiger partial charge < -0.3 is 5.73 Å². The molecule has 0 saturated heterocycles. The van der Waals surface area contributed by atoms with Crippen molar-refractivity contribution in [3.63, 3.8) is 0 Å². The smallest absolute Gasteiger partial charge is 0.246 e. The van der Waals surface area contributed by atoms with Gasteiger partial charge in [-0.05, 0) is 31.0 Å². The number of nitrogens with two attached hydrogens (primary N) is 1. The van der Waals surface area contributed by atoms with Gasteiger partial charge >= 0.3 is 0 Å². The third kappa shape index (κ3) is 2.81. The Morgan fingerprint density at radius 3 is 2.33 bits per heavy atom. The van der Waals surface area contributed by atoms with Crippen molar-refractivity contribution in [2.24, 2.45) is 5.92 Å². The van der Waals surface area contributed by atoms with E-state index < -0.39 is 15.8 Å². The maximum atomic E-state index is 13.6. The molecule has 102 valence electrons. The molecule has 18 heavy (non-hydrogen) atoms.